The van der Waals surface area contributed by atoms with Crippen LogP contribution < -0.4 is 5.73 Å². The zero-order valence-electron chi connectivity index (χ0n) is 8.98. The van der Waals surface area contributed by atoms with Crippen LogP contribution in [0, 0.1) is 18.3 Å². The maximum absolute atomic E-state index is 11.2. The molecule has 0 saturated carbocycles. The van der Waals surface area contributed by atoms with Gasteiger partial charge < -0.3 is 5.73 Å². The van der Waals surface area contributed by atoms with Crippen molar-refractivity contribution in [2.24, 2.45) is 11.7 Å². The summed E-state index contributed by atoms with van der Waals surface area (Å²) in [4.78, 5) is 0. The molecule has 2 N–H and O–H groups in total. The molecule has 1 aliphatic heterocycles. The van der Waals surface area contributed by atoms with E-state index in [0.29, 0.717) is 11.5 Å². The Morgan fingerprint density at radius 2 is 2.27 bits per heavy atom. The highest BCUT2D eigenvalue weighted by Crippen LogP contribution is 2.23. The molecule has 3 nitrogen and oxygen atoms in total. The lowest BCUT2D eigenvalue weighted by molar-refractivity contribution is 0.446. The summed E-state index contributed by atoms with van der Waals surface area (Å²) in [6.07, 6.45) is 9.36. The van der Waals surface area contributed by atoms with E-state index in [1.54, 1.807) is 0 Å². The van der Waals surface area contributed by atoms with Gasteiger partial charge in [0.2, 0.25) is 0 Å². The van der Waals surface area contributed by atoms with Gasteiger partial charge in [0.05, 0.1) is 11.5 Å². The largest absolute Gasteiger partial charge is 0.328 e. The normalized spacial score (nSPS) is 26.0. The van der Waals surface area contributed by atoms with E-state index in [4.69, 9.17) is 12.2 Å². The first-order chi connectivity index (χ1) is 7.03. The summed E-state index contributed by atoms with van der Waals surface area (Å²) in [6.45, 7) is 0. The fourth-order valence-corrected chi connectivity index (χ4v) is 3.95. The summed E-state index contributed by atoms with van der Waals surface area (Å²) < 4.78 is 22.4. The van der Waals surface area contributed by atoms with E-state index in [1.807, 2.05) is 0 Å². The van der Waals surface area contributed by atoms with Crippen LogP contribution in [-0.2, 0) is 9.84 Å². The summed E-state index contributed by atoms with van der Waals surface area (Å²) in [5, 5.41) is 0. The molecule has 0 amide bonds. The van der Waals surface area contributed by atoms with Gasteiger partial charge in [0.25, 0.3) is 0 Å². The third kappa shape index (κ3) is 4.67. The summed E-state index contributed by atoms with van der Waals surface area (Å²) in [5.74, 6) is 3.52. The van der Waals surface area contributed by atoms with Gasteiger partial charge in [-0.05, 0) is 31.6 Å². The topological polar surface area (TPSA) is 60.2 Å². The fourth-order valence-electron chi connectivity index (χ4n) is 2.07. The van der Waals surface area contributed by atoms with Gasteiger partial charge in [-0.15, -0.1) is 12.3 Å². The van der Waals surface area contributed by atoms with Gasteiger partial charge >= 0.3 is 0 Å². The highest BCUT2D eigenvalue weighted by molar-refractivity contribution is 7.91. The molecule has 0 aromatic heterocycles. The summed E-state index contributed by atoms with van der Waals surface area (Å²) >= 11 is 0. The van der Waals surface area contributed by atoms with Crippen LogP contribution in [-0.4, -0.2) is 26.0 Å². The molecule has 0 bridgehead atoms. The first kappa shape index (κ1) is 12.5. The molecule has 0 spiro atoms. The number of sulfone groups is 1. The predicted molar refractivity (Wildman–Crippen MR) is 62.0 cm³/mol. The lowest BCUT2D eigenvalue weighted by Crippen LogP contribution is -2.24. The van der Waals surface area contributed by atoms with Crippen LogP contribution in [0.2, 0.25) is 0 Å². The Morgan fingerprint density at radius 1 is 1.53 bits per heavy atom. The van der Waals surface area contributed by atoms with E-state index in [2.05, 4.69) is 5.92 Å². The molecule has 1 saturated heterocycles. The van der Waals surface area contributed by atoms with E-state index in [0.717, 1.165) is 32.1 Å². The fraction of sp³-hybridized carbons (Fsp3) is 0.818. The van der Waals surface area contributed by atoms with Crippen molar-refractivity contribution >= 4 is 9.84 Å². The molecule has 4 heteroatoms. The third-order valence-corrected chi connectivity index (χ3v) is 4.70. The monoisotopic (exact) mass is 229 g/mol. The van der Waals surface area contributed by atoms with Gasteiger partial charge in [-0.3, -0.25) is 0 Å². The van der Waals surface area contributed by atoms with Gasteiger partial charge in [0, 0.05) is 12.5 Å². The van der Waals surface area contributed by atoms with Crippen LogP contribution in [0.25, 0.3) is 0 Å². The molecule has 0 aliphatic carbocycles. The Labute approximate surface area is 92.3 Å². The van der Waals surface area contributed by atoms with Crippen LogP contribution in [0.4, 0.5) is 0 Å². The lowest BCUT2D eigenvalue weighted by atomic mass is 9.96. The predicted octanol–water partition coefficient (Wildman–Crippen LogP) is 0.942. The number of rotatable bonds is 5. The van der Waals surface area contributed by atoms with Crippen molar-refractivity contribution in [3.05, 3.63) is 0 Å². The molecule has 2 unspecified atom stereocenters. The Morgan fingerprint density at radius 3 is 2.80 bits per heavy atom. The molecule has 1 rings (SSSR count). The first-order valence-corrected chi connectivity index (χ1v) is 7.25. The molecule has 1 fully saturated rings. The molecule has 0 aromatic rings. The zero-order chi connectivity index (χ0) is 11.3. The number of nitrogens with two attached hydrogens (primary N) is 1. The third-order valence-electron chi connectivity index (χ3n) is 2.86. The van der Waals surface area contributed by atoms with Gasteiger partial charge in [-0.2, -0.15) is 0 Å². The molecule has 0 radical (unpaired) electrons. The summed E-state index contributed by atoms with van der Waals surface area (Å²) in [5.41, 5.74) is 5.92. The van der Waals surface area contributed by atoms with Crippen molar-refractivity contribution in [2.75, 3.05) is 11.5 Å². The van der Waals surface area contributed by atoms with Crippen LogP contribution in [0.15, 0.2) is 0 Å². The van der Waals surface area contributed by atoms with Crippen molar-refractivity contribution in [2.45, 2.75) is 38.1 Å². The second-order valence-electron chi connectivity index (χ2n) is 4.36. The minimum absolute atomic E-state index is 0.108. The zero-order valence-corrected chi connectivity index (χ0v) is 9.80. The van der Waals surface area contributed by atoms with E-state index >= 15 is 0 Å². The molecule has 2 atom stereocenters. The molecule has 86 valence electrons. The van der Waals surface area contributed by atoms with Crippen molar-refractivity contribution in [1.29, 1.82) is 0 Å². The number of hydrogen-bond acceptors (Lipinski definition) is 3. The smallest absolute Gasteiger partial charge is 0.150 e. The molecular formula is C11H19NO2S. The van der Waals surface area contributed by atoms with Crippen LogP contribution in [0.5, 0.6) is 0 Å². The van der Waals surface area contributed by atoms with E-state index in [-0.39, 0.29) is 12.0 Å². The van der Waals surface area contributed by atoms with Crippen LogP contribution in [0.1, 0.15) is 32.1 Å². The average molecular weight is 229 g/mol. The molecular weight excluding hydrogens is 210 g/mol. The molecule has 15 heavy (non-hydrogen) atoms. The highest BCUT2D eigenvalue weighted by atomic mass is 32.2. The van der Waals surface area contributed by atoms with Crippen LogP contribution in [0.3, 0.4) is 0 Å². The van der Waals surface area contributed by atoms with Crippen molar-refractivity contribution in [3.63, 3.8) is 0 Å². The first-order valence-electron chi connectivity index (χ1n) is 5.43. The number of terminal acetylenes is 1. The van der Waals surface area contributed by atoms with Crippen LogP contribution >= 0.6 is 0 Å². The molecule has 0 aromatic carbocycles. The van der Waals surface area contributed by atoms with Gasteiger partial charge in [0.15, 0.2) is 9.84 Å². The van der Waals surface area contributed by atoms with Gasteiger partial charge in [-0.25, -0.2) is 8.42 Å². The van der Waals surface area contributed by atoms with Gasteiger partial charge in [0.1, 0.15) is 0 Å². The van der Waals surface area contributed by atoms with Gasteiger partial charge in [-0.1, -0.05) is 0 Å². The van der Waals surface area contributed by atoms with Crippen molar-refractivity contribution in [3.8, 4) is 12.3 Å². The Balaban J connectivity index is 2.22. The average Bonchev–Trinajstić information content (AvgIpc) is 2.46. The molecule has 1 aliphatic rings. The standard InChI is InChI=1S/C11H19NO2S/c1-2-3-4-5-11(12)8-10-6-7-15(13,14)9-10/h1,10-11H,3-9,12H2. The maximum atomic E-state index is 11.2. The van der Waals surface area contributed by atoms with E-state index in [1.165, 1.54) is 0 Å². The Hall–Kier alpha value is -0.530. The number of hydrogen-bond donors (Lipinski definition) is 1. The minimum Gasteiger partial charge on any atom is -0.328 e. The second-order valence-corrected chi connectivity index (χ2v) is 6.59. The molecule has 1 heterocycles. The van der Waals surface area contributed by atoms with E-state index in [9.17, 15) is 8.42 Å². The highest BCUT2D eigenvalue weighted by Gasteiger charge is 2.28. The Bertz CT molecular complexity index is 329. The quantitative estimate of drug-likeness (QED) is 0.564. The van der Waals surface area contributed by atoms with Crippen molar-refractivity contribution < 1.29 is 8.42 Å². The Kier molecular flexibility index (Phi) is 4.62. The van der Waals surface area contributed by atoms with Crippen molar-refractivity contribution in [1.82, 2.24) is 0 Å². The summed E-state index contributed by atoms with van der Waals surface area (Å²) in [6, 6.07) is 0.108. The number of unbranched alkanes of at least 4 members (excludes halogenated alkanes) is 1. The lowest BCUT2D eigenvalue weighted by Gasteiger charge is -2.14. The minimum atomic E-state index is -2.75. The van der Waals surface area contributed by atoms with E-state index < -0.39 is 9.84 Å². The SMILES string of the molecule is C#CCCCC(N)CC1CCS(=O)(=O)C1. The summed E-state index contributed by atoms with van der Waals surface area (Å²) in [7, 11) is -2.75. The second kappa shape index (κ2) is 5.53. The maximum Gasteiger partial charge on any atom is 0.150 e.